The lowest BCUT2D eigenvalue weighted by Crippen LogP contribution is -2.09. The van der Waals surface area contributed by atoms with E-state index >= 15 is 0 Å². The molecular formula is C15H13NO2S. The average molecular weight is 271 g/mol. The van der Waals surface area contributed by atoms with Gasteiger partial charge in [0.15, 0.2) is 0 Å². The Kier molecular flexibility index (Phi) is 4.73. The first-order valence-corrected chi connectivity index (χ1v) is 6.72. The van der Waals surface area contributed by atoms with Gasteiger partial charge in [-0.3, -0.25) is 4.79 Å². The van der Waals surface area contributed by atoms with E-state index < -0.39 is 0 Å². The molecular weight excluding hydrogens is 258 g/mol. The van der Waals surface area contributed by atoms with Crippen LogP contribution in [0, 0.1) is 11.8 Å². The monoisotopic (exact) mass is 271 g/mol. The van der Waals surface area contributed by atoms with Crippen LogP contribution in [0.3, 0.4) is 0 Å². The van der Waals surface area contributed by atoms with Crippen molar-refractivity contribution in [3.05, 3.63) is 52.2 Å². The summed E-state index contributed by atoms with van der Waals surface area (Å²) in [7, 11) is 0. The maximum atomic E-state index is 11.9. The third kappa shape index (κ3) is 3.95. The Labute approximate surface area is 115 Å². The maximum absolute atomic E-state index is 11.9. The highest BCUT2D eigenvalue weighted by Gasteiger charge is 2.06. The third-order valence-electron chi connectivity index (χ3n) is 2.33. The molecule has 2 rings (SSSR count). The fourth-order valence-electron chi connectivity index (χ4n) is 1.50. The van der Waals surface area contributed by atoms with Crippen molar-refractivity contribution >= 4 is 22.9 Å². The number of amides is 1. The molecule has 0 aliphatic rings. The average Bonchev–Trinajstić information content (AvgIpc) is 2.93. The van der Waals surface area contributed by atoms with Gasteiger partial charge >= 0.3 is 0 Å². The molecule has 0 atom stereocenters. The Balaban J connectivity index is 2.07. The summed E-state index contributed by atoms with van der Waals surface area (Å²) in [6.07, 6.45) is 0.450. The lowest BCUT2D eigenvalue weighted by atomic mass is 10.2. The fourth-order valence-corrected chi connectivity index (χ4v) is 2.11. The van der Waals surface area contributed by atoms with Crippen LogP contribution >= 0.6 is 11.3 Å². The molecule has 1 amide bonds. The maximum Gasteiger partial charge on any atom is 0.265 e. The van der Waals surface area contributed by atoms with Crippen LogP contribution in [0.1, 0.15) is 21.7 Å². The summed E-state index contributed by atoms with van der Waals surface area (Å²) in [4.78, 5) is 12.6. The fraction of sp³-hybridized carbons (Fsp3) is 0.133. The van der Waals surface area contributed by atoms with Crippen molar-refractivity contribution in [2.45, 2.75) is 6.42 Å². The van der Waals surface area contributed by atoms with Crippen molar-refractivity contribution in [3.63, 3.8) is 0 Å². The van der Waals surface area contributed by atoms with Crippen molar-refractivity contribution in [1.29, 1.82) is 0 Å². The molecule has 1 heterocycles. The molecule has 1 aromatic carbocycles. The van der Waals surface area contributed by atoms with E-state index in [1.807, 2.05) is 35.7 Å². The summed E-state index contributed by atoms with van der Waals surface area (Å²) in [5.41, 5.74) is 1.53. The predicted molar refractivity (Wildman–Crippen MR) is 77.3 cm³/mol. The van der Waals surface area contributed by atoms with Crippen LogP contribution in [0.25, 0.3) is 0 Å². The Morgan fingerprint density at radius 1 is 1.32 bits per heavy atom. The summed E-state index contributed by atoms with van der Waals surface area (Å²) < 4.78 is 0. The van der Waals surface area contributed by atoms with E-state index in [9.17, 15) is 4.79 Å². The molecule has 0 unspecified atom stereocenters. The van der Waals surface area contributed by atoms with E-state index in [1.54, 1.807) is 6.07 Å². The van der Waals surface area contributed by atoms with Gasteiger partial charge in [-0.2, -0.15) is 0 Å². The van der Waals surface area contributed by atoms with Gasteiger partial charge in [0.05, 0.1) is 11.5 Å². The highest BCUT2D eigenvalue weighted by molar-refractivity contribution is 7.12. The topological polar surface area (TPSA) is 49.3 Å². The molecule has 0 aliphatic heterocycles. The van der Waals surface area contributed by atoms with Crippen molar-refractivity contribution in [2.24, 2.45) is 0 Å². The smallest absolute Gasteiger partial charge is 0.265 e. The largest absolute Gasteiger partial charge is 0.395 e. The second kappa shape index (κ2) is 6.74. The first-order chi connectivity index (χ1) is 9.29. The number of aliphatic hydroxyl groups excluding tert-OH is 1. The molecule has 3 nitrogen and oxygen atoms in total. The van der Waals surface area contributed by atoms with Gasteiger partial charge in [0.25, 0.3) is 5.91 Å². The molecule has 0 bridgehead atoms. The lowest BCUT2D eigenvalue weighted by Gasteiger charge is -2.03. The van der Waals surface area contributed by atoms with Gasteiger partial charge in [0.1, 0.15) is 0 Å². The second-order valence-electron chi connectivity index (χ2n) is 3.79. The zero-order chi connectivity index (χ0) is 13.5. The summed E-state index contributed by atoms with van der Waals surface area (Å²) in [6, 6.07) is 11.0. The first kappa shape index (κ1) is 13.3. The van der Waals surface area contributed by atoms with Crippen LogP contribution in [0.15, 0.2) is 41.8 Å². The first-order valence-electron chi connectivity index (χ1n) is 5.84. The number of hydrogen-bond acceptors (Lipinski definition) is 3. The molecule has 0 saturated carbocycles. The van der Waals surface area contributed by atoms with Crippen LogP contribution < -0.4 is 5.32 Å². The van der Waals surface area contributed by atoms with Gasteiger partial charge in [-0.25, -0.2) is 0 Å². The second-order valence-corrected chi connectivity index (χ2v) is 4.74. The Morgan fingerprint density at radius 2 is 2.21 bits per heavy atom. The minimum absolute atomic E-state index is 0.0573. The van der Waals surface area contributed by atoms with Crippen LogP contribution in [0.5, 0.6) is 0 Å². The predicted octanol–water partition coefficient (Wildman–Crippen LogP) is 2.73. The molecule has 96 valence electrons. The SMILES string of the molecule is O=C(Nc1cccc(C#CCCO)c1)c1cccs1. The number of aliphatic hydroxyl groups is 1. The summed E-state index contributed by atoms with van der Waals surface area (Å²) in [5.74, 6) is 5.67. The highest BCUT2D eigenvalue weighted by atomic mass is 32.1. The summed E-state index contributed by atoms with van der Waals surface area (Å²) in [6.45, 7) is 0.0573. The van der Waals surface area contributed by atoms with Gasteiger partial charge in [0, 0.05) is 17.7 Å². The molecule has 2 N–H and O–H groups in total. The molecule has 4 heteroatoms. The summed E-state index contributed by atoms with van der Waals surface area (Å²) >= 11 is 1.40. The van der Waals surface area contributed by atoms with E-state index in [0.29, 0.717) is 17.0 Å². The minimum atomic E-state index is -0.115. The molecule has 0 radical (unpaired) electrons. The third-order valence-corrected chi connectivity index (χ3v) is 3.20. The number of carbonyl (C=O) groups is 1. The summed E-state index contributed by atoms with van der Waals surface area (Å²) in [5, 5.41) is 13.4. The van der Waals surface area contributed by atoms with Gasteiger partial charge in [-0.1, -0.05) is 24.0 Å². The van der Waals surface area contributed by atoms with Crippen molar-refractivity contribution in [3.8, 4) is 11.8 Å². The van der Waals surface area contributed by atoms with Gasteiger partial charge in [0.2, 0.25) is 0 Å². The van der Waals surface area contributed by atoms with E-state index in [4.69, 9.17) is 5.11 Å². The molecule has 0 aliphatic carbocycles. The van der Waals surface area contributed by atoms with Gasteiger partial charge in [-0.15, -0.1) is 11.3 Å². The molecule has 0 saturated heterocycles. The standard InChI is InChI=1S/C15H13NO2S/c17-9-2-1-5-12-6-3-7-13(11-12)16-15(18)14-8-4-10-19-14/h3-4,6-8,10-11,17H,2,9H2,(H,16,18). The van der Waals surface area contributed by atoms with E-state index in [-0.39, 0.29) is 12.5 Å². The Morgan fingerprint density at radius 3 is 2.95 bits per heavy atom. The number of hydrogen-bond donors (Lipinski definition) is 2. The molecule has 0 fully saturated rings. The number of carbonyl (C=O) groups excluding carboxylic acids is 1. The Bertz CT molecular complexity index is 609. The van der Waals surface area contributed by atoms with Crippen LogP contribution in [0.4, 0.5) is 5.69 Å². The quantitative estimate of drug-likeness (QED) is 0.843. The van der Waals surface area contributed by atoms with Crippen LogP contribution in [-0.4, -0.2) is 17.6 Å². The Hall–Kier alpha value is -2.09. The van der Waals surface area contributed by atoms with E-state index in [0.717, 1.165) is 5.56 Å². The zero-order valence-corrected chi connectivity index (χ0v) is 11.0. The van der Waals surface area contributed by atoms with E-state index in [2.05, 4.69) is 17.2 Å². The molecule has 1 aromatic heterocycles. The minimum Gasteiger partial charge on any atom is -0.395 e. The van der Waals surface area contributed by atoms with Gasteiger partial charge < -0.3 is 10.4 Å². The van der Waals surface area contributed by atoms with Crippen molar-refractivity contribution < 1.29 is 9.90 Å². The molecule has 0 spiro atoms. The van der Waals surface area contributed by atoms with Gasteiger partial charge in [-0.05, 0) is 29.6 Å². The van der Waals surface area contributed by atoms with E-state index in [1.165, 1.54) is 11.3 Å². The van der Waals surface area contributed by atoms with Crippen molar-refractivity contribution in [2.75, 3.05) is 11.9 Å². The number of benzene rings is 1. The van der Waals surface area contributed by atoms with Crippen molar-refractivity contribution in [1.82, 2.24) is 0 Å². The molecule has 2 aromatic rings. The lowest BCUT2D eigenvalue weighted by molar-refractivity contribution is 0.103. The van der Waals surface area contributed by atoms with Crippen LogP contribution in [0.2, 0.25) is 0 Å². The number of thiophene rings is 1. The number of anilines is 1. The normalized spacial score (nSPS) is 9.53. The number of rotatable bonds is 3. The number of nitrogens with one attached hydrogen (secondary N) is 1. The van der Waals surface area contributed by atoms with Crippen LogP contribution in [-0.2, 0) is 0 Å². The zero-order valence-electron chi connectivity index (χ0n) is 10.2. The molecule has 19 heavy (non-hydrogen) atoms. The highest BCUT2D eigenvalue weighted by Crippen LogP contribution is 2.14.